The third-order valence-corrected chi connectivity index (χ3v) is 3.23. The maximum absolute atomic E-state index is 8.86. The summed E-state index contributed by atoms with van der Waals surface area (Å²) in [5.41, 5.74) is 1.41. The van der Waals surface area contributed by atoms with E-state index in [9.17, 15) is 0 Å². The number of likely N-dealkylation sites (tertiary alicyclic amines) is 1. The van der Waals surface area contributed by atoms with E-state index >= 15 is 0 Å². The Morgan fingerprint density at radius 2 is 2.13 bits per heavy atom. The van der Waals surface area contributed by atoms with Crippen molar-refractivity contribution in [2.45, 2.75) is 25.3 Å². The van der Waals surface area contributed by atoms with Gasteiger partial charge in [0.2, 0.25) is 0 Å². The predicted octanol–water partition coefficient (Wildman–Crippen LogP) is 2.39. The molecule has 0 N–H and O–H groups in total. The summed E-state index contributed by atoms with van der Waals surface area (Å²) in [4.78, 5) is 2.26. The summed E-state index contributed by atoms with van der Waals surface area (Å²) in [7, 11) is 0. The molecule has 1 aliphatic heterocycles. The average molecular weight is 200 g/mol. The van der Waals surface area contributed by atoms with Crippen LogP contribution in [0.4, 0.5) is 0 Å². The number of rotatable bonds is 2. The fourth-order valence-electron chi connectivity index (χ4n) is 2.22. The van der Waals surface area contributed by atoms with E-state index in [1.807, 2.05) is 13.0 Å². The van der Waals surface area contributed by atoms with Crippen molar-refractivity contribution in [2.75, 3.05) is 13.1 Å². The van der Waals surface area contributed by atoms with Gasteiger partial charge in [0.05, 0.1) is 12.1 Å². The molecule has 1 saturated heterocycles. The fraction of sp³-hybridized carbons (Fsp3) is 0.462. The highest BCUT2D eigenvalue weighted by Crippen LogP contribution is 2.27. The van der Waals surface area contributed by atoms with Crippen LogP contribution in [0.1, 0.15) is 24.8 Å². The molecule has 0 spiro atoms. The maximum atomic E-state index is 8.86. The molecule has 1 aliphatic rings. The zero-order valence-electron chi connectivity index (χ0n) is 9.06. The smallest absolute Gasteiger partial charge is 0.0949 e. The molecule has 0 saturated carbocycles. The number of benzene rings is 1. The first kappa shape index (κ1) is 10.2. The first-order chi connectivity index (χ1) is 7.31. The van der Waals surface area contributed by atoms with E-state index in [0.717, 1.165) is 13.1 Å². The van der Waals surface area contributed by atoms with Crippen molar-refractivity contribution < 1.29 is 0 Å². The van der Waals surface area contributed by atoms with Crippen molar-refractivity contribution in [3.05, 3.63) is 35.9 Å². The van der Waals surface area contributed by atoms with E-state index in [0.29, 0.717) is 5.92 Å². The molecule has 2 rings (SSSR count). The van der Waals surface area contributed by atoms with Gasteiger partial charge in [0.25, 0.3) is 0 Å². The Balaban J connectivity index is 2.02. The molecule has 78 valence electrons. The number of hydrogen-bond donors (Lipinski definition) is 0. The summed E-state index contributed by atoms with van der Waals surface area (Å²) in [6, 6.07) is 13.0. The molecule has 1 aromatic carbocycles. The summed E-state index contributed by atoms with van der Waals surface area (Å²) in [5, 5.41) is 8.86. The van der Waals surface area contributed by atoms with Gasteiger partial charge >= 0.3 is 0 Å². The largest absolute Gasteiger partial charge is 0.288 e. The summed E-state index contributed by atoms with van der Waals surface area (Å²) in [6.07, 6.45) is 1.18. The zero-order valence-corrected chi connectivity index (χ0v) is 9.06. The van der Waals surface area contributed by atoms with Crippen molar-refractivity contribution in [3.8, 4) is 6.07 Å². The molecular weight excluding hydrogens is 184 g/mol. The first-order valence-electron chi connectivity index (χ1n) is 5.50. The minimum atomic E-state index is 0.0544. The lowest BCUT2D eigenvalue weighted by Crippen LogP contribution is -2.29. The normalized spacial score (nSPS) is 23.6. The summed E-state index contributed by atoms with van der Waals surface area (Å²) in [6.45, 7) is 4.06. The summed E-state index contributed by atoms with van der Waals surface area (Å²) >= 11 is 0. The zero-order chi connectivity index (χ0) is 10.7. The van der Waals surface area contributed by atoms with Crippen molar-refractivity contribution in [2.24, 2.45) is 0 Å². The SMILES string of the molecule is CC(C#N)N1CCC(c2ccccc2)C1. The van der Waals surface area contributed by atoms with E-state index in [2.05, 4.69) is 35.2 Å². The monoisotopic (exact) mass is 200 g/mol. The third kappa shape index (κ3) is 2.19. The number of hydrogen-bond acceptors (Lipinski definition) is 2. The van der Waals surface area contributed by atoms with Gasteiger partial charge < -0.3 is 0 Å². The Morgan fingerprint density at radius 1 is 1.40 bits per heavy atom. The van der Waals surface area contributed by atoms with Crippen LogP contribution >= 0.6 is 0 Å². The minimum Gasteiger partial charge on any atom is -0.288 e. The predicted molar refractivity (Wildman–Crippen MR) is 60.4 cm³/mol. The minimum absolute atomic E-state index is 0.0544. The first-order valence-corrected chi connectivity index (χ1v) is 5.50. The summed E-state index contributed by atoms with van der Waals surface area (Å²) < 4.78 is 0. The molecule has 0 aliphatic carbocycles. The third-order valence-electron chi connectivity index (χ3n) is 3.23. The molecule has 2 atom stereocenters. The van der Waals surface area contributed by atoms with Crippen LogP contribution in [0.25, 0.3) is 0 Å². The lowest BCUT2D eigenvalue weighted by Gasteiger charge is -2.18. The van der Waals surface area contributed by atoms with Crippen LogP contribution in [0.3, 0.4) is 0 Å². The molecule has 0 aromatic heterocycles. The maximum Gasteiger partial charge on any atom is 0.0949 e. The molecule has 1 heterocycles. The Hall–Kier alpha value is -1.33. The second-order valence-electron chi connectivity index (χ2n) is 4.20. The van der Waals surface area contributed by atoms with Gasteiger partial charge in [-0.3, -0.25) is 4.90 Å². The van der Waals surface area contributed by atoms with Crippen LogP contribution in [0, 0.1) is 11.3 Å². The van der Waals surface area contributed by atoms with Crippen molar-refractivity contribution in [3.63, 3.8) is 0 Å². The van der Waals surface area contributed by atoms with E-state index in [1.165, 1.54) is 12.0 Å². The molecule has 0 radical (unpaired) electrons. The standard InChI is InChI=1S/C13H16N2/c1-11(9-14)15-8-7-13(10-15)12-5-3-2-4-6-12/h2-6,11,13H,7-8,10H2,1H3. The van der Waals surface area contributed by atoms with Crippen LogP contribution in [0.5, 0.6) is 0 Å². The van der Waals surface area contributed by atoms with Crippen LogP contribution in [-0.2, 0) is 0 Å². The molecule has 1 aromatic rings. The lowest BCUT2D eigenvalue weighted by atomic mass is 9.99. The molecular formula is C13H16N2. The van der Waals surface area contributed by atoms with E-state index in [1.54, 1.807) is 0 Å². The van der Waals surface area contributed by atoms with Crippen molar-refractivity contribution in [1.29, 1.82) is 5.26 Å². The van der Waals surface area contributed by atoms with Crippen LogP contribution in [0.2, 0.25) is 0 Å². The van der Waals surface area contributed by atoms with E-state index < -0.39 is 0 Å². The fourth-order valence-corrected chi connectivity index (χ4v) is 2.22. The number of nitriles is 1. The van der Waals surface area contributed by atoms with Gasteiger partial charge in [0.1, 0.15) is 0 Å². The molecule has 0 bridgehead atoms. The van der Waals surface area contributed by atoms with Gasteiger partial charge in [0.15, 0.2) is 0 Å². The Morgan fingerprint density at radius 3 is 2.80 bits per heavy atom. The van der Waals surface area contributed by atoms with Crippen molar-refractivity contribution >= 4 is 0 Å². The molecule has 2 nitrogen and oxygen atoms in total. The van der Waals surface area contributed by atoms with Gasteiger partial charge in [-0.2, -0.15) is 5.26 Å². The van der Waals surface area contributed by atoms with Gasteiger partial charge in [0, 0.05) is 13.1 Å². The van der Waals surface area contributed by atoms with Crippen LogP contribution < -0.4 is 0 Å². The van der Waals surface area contributed by atoms with Crippen LogP contribution in [-0.4, -0.2) is 24.0 Å². The summed E-state index contributed by atoms with van der Waals surface area (Å²) in [5.74, 6) is 0.613. The topological polar surface area (TPSA) is 27.0 Å². The highest BCUT2D eigenvalue weighted by Gasteiger charge is 2.26. The van der Waals surface area contributed by atoms with Gasteiger partial charge in [-0.15, -0.1) is 0 Å². The second kappa shape index (κ2) is 4.46. The average Bonchev–Trinajstić information content (AvgIpc) is 2.78. The van der Waals surface area contributed by atoms with Crippen molar-refractivity contribution in [1.82, 2.24) is 4.90 Å². The molecule has 0 amide bonds. The van der Waals surface area contributed by atoms with Crippen LogP contribution in [0.15, 0.2) is 30.3 Å². The van der Waals surface area contributed by atoms with Gasteiger partial charge in [-0.25, -0.2) is 0 Å². The second-order valence-corrected chi connectivity index (χ2v) is 4.20. The highest BCUT2D eigenvalue weighted by molar-refractivity contribution is 5.21. The molecule has 2 unspecified atom stereocenters. The van der Waals surface area contributed by atoms with Gasteiger partial charge in [-0.05, 0) is 24.8 Å². The van der Waals surface area contributed by atoms with E-state index in [4.69, 9.17) is 5.26 Å². The number of nitrogens with zero attached hydrogens (tertiary/aromatic N) is 2. The lowest BCUT2D eigenvalue weighted by molar-refractivity contribution is 0.302. The van der Waals surface area contributed by atoms with Gasteiger partial charge in [-0.1, -0.05) is 30.3 Å². The Labute approximate surface area is 91.1 Å². The quantitative estimate of drug-likeness (QED) is 0.733. The van der Waals surface area contributed by atoms with E-state index in [-0.39, 0.29) is 6.04 Å². The Bertz CT molecular complexity index is 353. The molecule has 15 heavy (non-hydrogen) atoms. The molecule has 2 heteroatoms. The highest BCUT2D eigenvalue weighted by atomic mass is 15.2. The Kier molecular flexibility index (Phi) is 3.03. The molecule has 1 fully saturated rings.